The maximum absolute atomic E-state index is 12.2. The molecule has 0 aliphatic carbocycles. The number of Topliss-reactive ketones (excluding diaryl/α,β-unsaturated/α-hetero) is 1. The fourth-order valence-electron chi connectivity index (χ4n) is 1.43. The molecule has 0 radical (unpaired) electrons. The van der Waals surface area contributed by atoms with Crippen LogP contribution >= 0.6 is 11.3 Å². The van der Waals surface area contributed by atoms with Crippen LogP contribution in [0, 0.1) is 0 Å². The fraction of sp³-hybridized carbons (Fsp3) is 0.583. The molecule has 0 aliphatic rings. The summed E-state index contributed by atoms with van der Waals surface area (Å²) in [5, 5.41) is 3.52. The zero-order chi connectivity index (χ0) is 13.7. The lowest BCUT2D eigenvalue weighted by molar-refractivity contribution is 0.0992. The number of nitrogens with one attached hydrogen (secondary N) is 1. The van der Waals surface area contributed by atoms with Gasteiger partial charge < -0.3 is 15.8 Å². The van der Waals surface area contributed by atoms with E-state index in [1.54, 1.807) is 6.92 Å². The molecule has 0 atom stereocenters. The van der Waals surface area contributed by atoms with E-state index in [1.165, 1.54) is 11.3 Å². The van der Waals surface area contributed by atoms with Gasteiger partial charge in [0.2, 0.25) is 0 Å². The molecule has 0 fully saturated rings. The molecule has 1 rings (SSSR count). The number of ether oxygens (including phenoxy) is 1. The average molecular weight is 274 g/mol. The van der Waals surface area contributed by atoms with Gasteiger partial charge in [0.05, 0.1) is 16.7 Å². The first-order valence-corrected chi connectivity index (χ1v) is 6.74. The normalized spacial score (nSPS) is 10.7. The van der Waals surface area contributed by atoms with Crippen molar-refractivity contribution in [3.8, 4) is 5.75 Å². The molecule has 6 heteroatoms. The Morgan fingerprint density at radius 2 is 2.22 bits per heavy atom. The Balaban J connectivity index is 3.09. The lowest BCUT2D eigenvalue weighted by Gasteiger charge is -2.12. The molecule has 4 nitrogen and oxygen atoms in total. The van der Waals surface area contributed by atoms with Gasteiger partial charge in [0, 0.05) is 13.0 Å². The summed E-state index contributed by atoms with van der Waals surface area (Å²) < 4.78 is 17.8. The highest BCUT2D eigenvalue weighted by Crippen LogP contribution is 2.43. The van der Waals surface area contributed by atoms with E-state index in [1.807, 2.05) is 13.8 Å². The van der Waals surface area contributed by atoms with Crippen LogP contribution in [0.1, 0.15) is 36.9 Å². The number of hydrogen-bond donors (Lipinski definition) is 2. The summed E-state index contributed by atoms with van der Waals surface area (Å²) in [6, 6.07) is 0. The summed E-state index contributed by atoms with van der Waals surface area (Å²) in [5.41, 5.74) is 6.28. The van der Waals surface area contributed by atoms with E-state index < -0.39 is 6.67 Å². The maximum Gasteiger partial charge on any atom is 0.177 e. The highest BCUT2D eigenvalue weighted by Gasteiger charge is 2.21. The minimum absolute atomic E-state index is 0.0283. The van der Waals surface area contributed by atoms with Gasteiger partial charge in [-0.1, -0.05) is 6.92 Å². The van der Waals surface area contributed by atoms with Crippen molar-refractivity contribution in [1.82, 2.24) is 0 Å². The van der Waals surface area contributed by atoms with Gasteiger partial charge in [0.15, 0.2) is 11.5 Å². The number of carbonyl (C=O) groups excluding carboxylic acids is 1. The number of anilines is 2. The second-order valence-corrected chi connectivity index (χ2v) is 5.08. The summed E-state index contributed by atoms with van der Waals surface area (Å²) in [6.45, 7) is 5.21. The minimum atomic E-state index is -0.490. The lowest BCUT2D eigenvalue weighted by atomic mass is 10.2. The first kappa shape index (κ1) is 14.8. The SMILES string of the molecule is CCC(=O)c1sc(NCCF)c(OC(C)C)c1N. The summed E-state index contributed by atoms with van der Waals surface area (Å²) >= 11 is 1.22. The summed E-state index contributed by atoms with van der Waals surface area (Å²) in [4.78, 5) is 12.2. The van der Waals surface area contributed by atoms with Crippen molar-refractivity contribution in [3.63, 3.8) is 0 Å². The van der Waals surface area contributed by atoms with Gasteiger partial charge in [0.1, 0.15) is 11.7 Å². The predicted molar refractivity (Wildman–Crippen MR) is 73.6 cm³/mol. The summed E-state index contributed by atoms with van der Waals surface area (Å²) in [7, 11) is 0. The topological polar surface area (TPSA) is 64.3 Å². The molecule has 0 bridgehead atoms. The van der Waals surface area contributed by atoms with Crippen LogP contribution in [0.15, 0.2) is 0 Å². The highest BCUT2D eigenvalue weighted by molar-refractivity contribution is 7.19. The van der Waals surface area contributed by atoms with E-state index in [0.717, 1.165) is 0 Å². The van der Waals surface area contributed by atoms with Crippen LogP contribution in [0.25, 0.3) is 0 Å². The van der Waals surface area contributed by atoms with Crippen molar-refractivity contribution in [3.05, 3.63) is 4.88 Å². The molecule has 0 unspecified atom stereocenters. The zero-order valence-corrected chi connectivity index (χ0v) is 11.7. The van der Waals surface area contributed by atoms with Crippen molar-refractivity contribution in [1.29, 1.82) is 0 Å². The second-order valence-electron chi connectivity index (χ2n) is 4.06. The second kappa shape index (κ2) is 6.58. The molecule has 0 saturated heterocycles. The van der Waals surface area contributed by atoms with Crippen LogP contribution < -0.4 is 15.8 Å². The quantitative estimate of drug-likeness (QED) is 0.750. The summed E-state index contributed by atoms with van der Waals surface area (Å²) in [6.07, 6.45) is 0.325. The van der Waals surface area contributed by atoms with Gasteiger partial charge >= 0.3 is 0 Å². The third-order valence-corrected chi connectivity index (χ3v) is 3.39. The van der Waals surface area contributed by atoms with E-state index in [0.29, 0.717) is 27.7 Å². The molecular formula is C12H19FN2O2S. The van der Waals surface area contributed by atoms with Crippen LogP contribution in [0.3, 0.4) is 0 Å². The van der Waals surface area contributed by atoms with Crippen LogP contribution in [0.2, 0.25) is 0 Å². The highest BCUT2D eigenvalue weighted by atomic mass is 32.1. The third-order valence-electron chi connectivity index (χ3n) is 2.21. The van der Waals surface area contributed by atoms with E-state index >= 15 is 0 Å². The van der Waals surface area contributed by atoms with Crippen LogP contribution in [-0.4, -0.2) is 25.1 Å². The molecular weight excluding hydrogens is 255 g/mol. The van der Waals surface area contributed by atoms with Gasteiger partial charge in [-0.3, -0.25) is 4.79 Å². The fourth-order valence-corrected chi connectivity index (χ4v) is 2.52. The lowest BCUT2D eigenvalue weighted by Crippen LogP contribution is -2.10. The molecule has 102 valence electrons. The summed E-state index contributed by atoms with van der Waals surface area (Å²) in [5.74, 6) is 0.430. The van der Waals surface area contributed by atoms with Gasteiger partial charge in [-0.15, -0.1) is 11.3 Å². The monoisotopic (exact) mass is 274 g/mol. The van der Waals surface area contributed by atoms with Crippen molar-refractivity contribution in [2.24, 2.45) is 0 Å². The first-order valence-electron chi connectivity index (χ1n) is 5.93. The molecule has 0 amide bonds. The van der Waals surface area contributed by atoms with Gasteiger partial charge in [0.25, 0.3) is 0 Å². The van der Waals surface area contributed by atoms with Crippen LogP contribution in [0.5, 0.6) is 5.75 Å². The molecule has 0 aliphatic heterocycles. The Hall–Kier alpha value is -1.30. The number of ketones is 1. The number of nitrogen functional groups attached to an aromatic ring is 1. The van der Waals surface area contributed by atoms with Crippen molar-refractivity contribution in [2.75, 3.05) is 24.3 Å². The molecule has 0 saturated carbocycles. The van der Waals surface area contributed by atoms with E-state index in [-0.39, 0.29) is 18.4 Å². The van der Waals surface area contributed by atoms with Gasteiger partial charge in [-0.25, -0.2) is 4.39 Å². The molecule has 0 aromatic carbocycles. The number of rotatable bonds is 7. The average Bonchev–Trinajstić information content (AvgIpc) is 2.63. The number of alkyl halides is 1. The van der Waals surface area contributed by atoms with E-state index in [2.05, 4.69) is 5.32 Å². The Morgan fingerprint density at radius 3 is 2.72 bits per heavy atom. The Kier molecular flexibility index (Phi) is 5.40. The molecule has 3 N–H and O–H groups in total. The van der Waals surface area contributed by atoms with Gasteiger partial charge in [-0.2, -0.15) is 0 Å². The maximum atomic E-state index is 12.2. The predicted octanol–water partition coefficient (Wildman–Crippen LogP) is 3.09. The molecule has 18 heavy (non-hydrogen) atoms. The zero-order valence-electron chi connectivity index (χ0n) is 10.9. The number of nitrogens with two attached hydrogens (primary N) is 1. The largest absolute Gasteiger partial charge is 0.486 e. The van der Waals surface area contributed by atoms with Crippen molar-refractivity contribution >= 4 is 27.8 Å². The van der Waals surface area contributed by atoms with Crippen LogP contribution in [-0.2, 0) is 0 Å². The first-order chi connectivity index (χ1) is 8.51. The molecule has 1 aromatic rings. The van der Waals surface area contributed by atoms with Gasteiger partial charge in [-0.05, 0) is 13.8 Å². The van der Waals surface area contributed by atoms with Crippen molar-refractivity contribution < 1.29 is 13.9 Å². The third kappa shape index (κ3) is 3.35. The van der Waals surface area contributed by atoms with Crippen molar-refractivity contribution in [2.45, 2.75) is 33.3 Å². The molecule has 1 aromatic heterocycles. The standard InChI is InChI=1S/C12H19FN2O2S/c1-4-8(16)11-9(14)10(17-7(2)3)12(18-11)15-6-5-13/h7,15H,4-6,14H2,1-3H3. The molecule has 0 spiro atoms. The number of halogens is 1. The van der Waals surface area contributed by atoms with E-state index in [9.17, 15) is 9.18 Å². The number of hydrogen-bond acceptors (Lipinski definition) is 5. The minimum Gasteiger partial charge on any atom is -0.486 e. The van der Waals surface area contributed by atoms with Crippen LogP contribution in [0.4, 0.5) is 15.1 Å². The number of carbonyl (C=O) groups is 1. The van der Waals surface area contributed by atoms with E-state index in [4.69, 9.17) is 10.5 Å². The molecule has 1 heterocycles. The number of thiophene rings is 1. The Bertz CT molecular complexity index is 418. The Labute approximate surface area is 110 Å². The smallest absolute Gasteiger partial charge is 0.177 e. The Morgan fingerprint density at radius 1 is 1.56 bits per heavy atom.